The Morgan fingerprint density at radius 1 is 1.31 bits per heavy atom. The van der Waals surface area contributed by atoms with Crippen molar-refractivity contribution in [2.45, 2.75) is 6.10 Å². The van der Waals surface area contributed by atoms with E-state index >= 15 is 0 Å². The zero-order valence-electron chi connectivity index (χ0n) is 8.34. The quantitative estimate of drug-likeness (QED) is 0.824. The first-order valence-electron chi connectivity index (χ1n) is 4.67. The minimum absolute atomic E-state index is 0.479. The average molecular weight is 280 g/mol. The van der Waals surface area contributed by atoms with E-state index < -0.39 is 6.10 Å². The minimum atomic E-state index is -0.855. The van der Waals surface area contributed by atoms with Gasteiger partial charge in [0.25, 0.3) is 0 Å². The lowest BCUT2D eigenvalue weighted by Gasteiger charge is -2.12. The van der Waals surface area contributed by atoms with Gasteiger partial charge in [0.05, 0.1) is 11.9 Å². The molecule has 5 heteroatoms. The second kappa shape index (κ2) is 4.59. The van der Waals surface area contributed by atoms with E-state index in [1.54, 1.807) is 18.3 Å². The van der Waals surface area contributed by atoms with Crippen molar-refractivity contribution in [3.05, 3.63) is 52.5 Å². The van der Waals surface area contributed by atoms with E-state index in [2.05, 4.69) is 25.9 Å². The minimum Gasteiger partial charge on any atom is -0.398 e. The number of benzene rings is 1. The topological polar surface area (TPSA) is 72.0 Å². The number of aliphatic hydroxyl groups is 1. The molecule has 1 unspecified atom stereocenters. The Balaban J connectivity index is 2.41. The smallest absolute Gasteiger partial charge is 0.125 e. The maximum Gasteiger partial charge on any atom is 0.125 e. The summed E-state index contributed by atoms with van der Waals surface area (Å²) in [5.74, 6) is 0. The molecule has 0 saturated heterocycles. The molecule has 16 heavy (non-hydrogen) atoms. The summed E-state index contributed by atoms with van der Waals surface area (Å²) in [5.41, 5.74) is 7.43. The molecule has 0 aliphatic rings. The van der Waals surface area contributed by atoms with Crippen LogP contribution in [-0.4, -0.2) is 15.1 Å². The highest BCUT2D eigenvalue weighted by molar-refractivity contribution is 9.10. The summed E-state index contributed by atoms with van der Waals surface area (Å²) in [6.07, 6.45) is 3.75. The van der Waals surface area contributed by atoms with Gasteiger partial charge in [-0.25, -0.2) is 0 Å². The van der Waals surface area contributed by atoms with Gasteiger partial charge in [-0.1, -0.05) is 15.9 Å². The highest BCUT2D eigenvalue weighted by atomic mass is 79.9. The van der Waals surface area contributed by atoms with E-state index in [0.717, 1.165) is 4.47 Å². The number of anilines is 1. The molecule has 0 spiro atoms. The van der Waals surface area contributed by atoms with Crippen LogP contribution in [0.5, 0.6) is 0 Å². The molecule has 4 nitrogen and oxygen atoms in total. The highest BCUT2D eigenvalue weighted by Crippen LogP contribution is 2.27. The van der Waals surface area contributed by atoms with Crippen LogP contribution in [0.4, 0.5) is 5.69 Å². The van der Waals surface area contributed by atoms with Gasteiger partial charge in [0.2, 0.25) is 0 Å². The molecule has 1 aromatic heterocycles. The van der Waals surface area contributed by atoms with Crippen LogP contribution in [0.25, 0.3) is 0 Å². The lowest BCUT2D eigenvalue weighted by molar-refractivity contribution is 0.215. The first-order chi connectivity index (χ1) is 7.68. The Labute approximate surface area is 101 Å². The number of aromatic nitrogens is 2. The van der Waals surface area contributed by atoms with E-state index in [0.29, 0.717) is 16.9 Å². The van der Waals surface area contributed by atoms with Crippen molar-refractivity contribution in [1.29, 1.82) is 0 Å². The molecule has 2 rings (SSSR count). The van der Waals surface area contributed by atoms with Gasteiger partial charge in [0, 0.05) is 28.1 Å². The molecule has 0 bridgehead atoms. The summed E-state index contributed by atoms with van der Waals surface area (Å²) in [4.78, 5) is 7.95. The maximum atomic E-state index is 10.1. The largest absolute Gasteiger partial charge is 0.398 e. The van der Waals surface area contributed by atoms with Gasteiger partial charge in [-0.2, -0.15) is 0 Å². The van der Waals surface area contributed by atoms with E-state index in [9.17, 15) is 5.11 Å². The number of hydrogen-bond acceptors (Lipinski definition) is 4. The first-order valence-corrected chi connectivity index (χ1v) is 5.46. The predicted molar refractivity (Wildman–Crippen MR) is 64.6 cm³/mol. The van der Waals surface area contributed by atoms with Crippen molar-refractivity contribution in [2.24, 2.45) is 0 Å². The fourth-order valence-corrected chi connectivity index (χ4v) is 1.77. The molecule has 0 aliphatic carbocycles. The van der Waals surface area contributed by atoms with Crippen LogP contribution in [0.2, 0.25) is 0 Å². The van der Waals surface area contributed by atoms with Crippen molar-refractivity contribution in [1.82, 2.24) is 9.97 Å². The average Bonchev–Trinajstić information content (AvgIpc) is 2.32. The molecule has 0 radical (unpaired) electrons. The SMILES string of the molecule is Nc1ccc(Br)cc1C(O)c1cnccn1. The normalized spacial score (nSPS) is 12.4. The zero-order valence-corrected chi connectivity index (χ0v) is 9.92. The molecule has 0 aliphatic heterocycles. The summed E-state index contributed by atoms with van der Waals surface area (Å²) in [7, 11) is 0. The van der Waals surface area contributed by atoms with Crippen LogP contribution >= 0.6 is 15.9 Å². The Kier molecular flexibility index (Phi) is 3.17. The molecule has 82 valence electrons. The van der Waals surface area contributed by atoms with Crippen LogP contribution in [-0.2, 0) is 0 Å². The van der Waals surface area contributed by atoms with Crippen molar-refractivity contribution in [2.75, 3.05) is 5.73 Å². The summed E-state index contributed by atoms with van der Waals surface area (Å²) in [5, 5.41) is 10.1. The van der Waals surface area contributed by atoms with Crippen LogP contribution in [0.15, 0.2) is 41.3 Å². The first kappa shape index (κ1) is 11.0. The Bertz CT molecular complexity index is 490. The van der Waals surface area contributed by atoms with Crippen molar-refractivity contribution in [3.63, 3.8) is 0 Å². The second-order valence-electron chi connectivity index (χ2n) is 3.31. The Morgan fingerprint density at radius 3 is 2.81 bits per heavy atom. The summed E-state index contributed by atoms with van der Waals surface area (Å²) in [6, 6.07) is 5.33. The summed E-state index contributed by atoms with van der Waals surface area (Å²) >= 11 is 3.33. The summed E-state index contributed by atoms with van der Waals surface area (Å²) in [6.45, 7) is 0. The molecule has 1 aromatic carbocycles. The zero-order chi connectivity index (χ0) is 11.5. The van der Waals surface area contributed by atoms with Gasteiger partial charge in [-0.3, -0.25) is 9.97 Å². The van der Waals surface area contributed by atoms with E-state index in [4.69, 9.17) is 5.73 Å². The van der Waals surface area contributed by atoms with Crippen LogP contribution < -0.4 is 5.73 Å². The van der Waals surface area contributed by atoms with Gasteiger partial charge in [0.15, 0.2) is 0 Å². The van der Waals surface area contributed by atoms with Crippen molar-refractivity contribution >= 4 is 21.6 Å². The molecule has 1 heterocycles. The summed E-state index contributed by atoms with van der Waals surface area (Å²) < 4.78 is 0.861. The lowest BCUT2D eigenvalue weighted by Crippen LogP contribution is -2.05. The second-order valence-corrected chi connectivity index (χ2v) is 4.22. The number of nitrogens with two attached hydrogens (primary N) is 1. The van der Waals surface area contributed by atoms with E-state index in [1.807, 2.05) is 6.07 Å². The standard InChI is InChI=1S/C11H10BrN3O/c12-7-1-2-9(13)8(5-7)11(16)10-6-14-3-4-15-10/h1-6,11,16H,13H2. The molecule has 0 saturated carbocycles. The molecule has 1 atom stereocenters. The fraction of sp³-hybridized carbons (Fsp3) is 0.0909. The third-order valence-electron chi connectivity index (χ3n) is 2.21. The fourth-order valence-electron chi connectivity index (χ4n) is 1.39. The van der Waals surface area contributed by atoms with Crippen LogP contribution in [0, 0.1) is 0 Å². The molecule has 2 aromatic rings. The van der Waals surface area contributed by atoms with Crippen molar-refractivity contribution < 1.29 is 5.11 Å². The number of hydrogen-bond donors (Lipinski definition) is 2. The Hall–Kier alpha value is -1.46. The third-order valence-corrected chi connectivity index (χ3v) is 2.70. The molecule has 0 amide bonds. The van der Waals surface area contributed by atoms with Gasteiger partial charge in [0.1, 0.15) is 6.10 Å². The van der Waals surface area contributed by atoms with E-state index in [-0.39, 0.29) is 0 Å². The van der Waals surface area contributed by atoms with Crippen molar-refractivity contribution in [3.8, 4) is 0 Å². The highest BCUT2D eigenvalue weighted by Gasteiger charge is 2.15. The molecular weight excluding hydrogens is 270 g/mol. The van der Waals surface area contributed by atoms with Gasteiger partial charge in [-0.15, -0.1) is 0 Å². The molecule has 0 fully saturated rings. The van der Waals surface area contributed by atoms with Crippen LogP contribution in [0.3, 0.4) is 0 Å². The number of nitrogen functional groups attached to an aromatic ring is 1. The monoisotopic (exact) mass is 279 g/mol. The number of nitrogens with zero attached hydrogens (tertiary/aromatic N) is 2. The number of aliphatic hydroxyl groups excluding tert-OH is 1. The third kappa shape index (κ3) is 2.20. The van der Waals surface area contributed by atoms with Gasteiger partial charge in [-0.05, 0) is 18.2 Å². The van der Waals surface area contributed by atoms with E-state index in [1.165, 1.54) is 12.4 Å². The number of rotatable bonds is 2. The van der Waals surface area contributed by atoms with Crippen LogP contribution in [0.1, 0.15) is 17.4 Å². The lowest BCUT2D eigenvalue weighted by atomic mass is 10.1. The Morgan fingerprint density at radius 2 is 2.12 bits per heavy atom. The predicted octanol–water partition coefficient (Wildman–Crippen LogP) is 1.90. The molecule has 3 N–H and O–H groups in total. The molecular formula is C11H10BrN3O. The number of halogens is 1. The van der Waals surface area contributed by atoms with Gasteiger partial charge < -0.3 is 10.8 Å². The van der Waals surface area contributed by atoms with Gasteiger partial charge >= 0.3 is 0 Å². The maximum absolute atomic E-state index is 10.1.